The highest BCUT2D eigenvalue weighted by molar-refractivity contribution is 7.19. The first kappa shape index (κ1) is 17.0. The molecule has 0 spiro atoms. The van der Waals surface area contributed by atoms with Gasteiger partial charge in [0, 0.05) is 25.7 Å². The van der Waals surface area contributed by atoms with Gasteiger partial charge in [0.1, 0.15) is 0 Å². The molecular weight excluding hydrogens is 322 g/mol. The molecule has 22 heavy (non-hydrogen) atoms. The Morgan fingerprint density at radius 2 is 2.23 bits per heavy atom. The van der Waals surface area contributed by atoms with Crippen LogP contribution in [0.25, 0.3) is 10.6 Å². The molecule has 2 N–H and O–H groups in total. The number of halogens is 1. The number of hydrogen-bond donors (Lipinski definition) is 1. The normalized spacial score (nSPS) is 12.6. The average molecular weight is 342 g/mol. The molecule has 2 aromatic rings. The van der Waals surface area contributed by atoms with Crippen molar-refractivity contribution < 1.29 is 9.32 Å². The summed E-state index contributed by atoms with van der Waals surface area (Å²) in [4.78, 5) is 14.8. The Morgan fingerprint density at radius 1 is 1.50 bits per heavy atom. The van der Waals surface area contributed by atoms with E-state index in [1.165, 1.54) is 11.3 Å². The highest BCUT2D eigenvalue weighted by Gasteiger charge is 2.19. The van der Waals surface area contributed by atoms with Gasteiger partial charge in [-0.2, -0.15) is 0 Å². The Labute approximate surface area is 139 Å². The Hall–Kier alpha value is -1.37. The van der Waals surface area contributed by atoms with Gasteiger partial charge in [0.05, 0.1) is 9.21 Å². The second kappa shape index (κ2) is 7.26. The molecule has 2 rings (SSSR count). The van der Waals surface area contributed by atoms with Gasteiger partial charge < -0.3 is 15.2 Å². The van der Waals surface area contributed by atoms with Crippen molar-refractivity contribution in [2.75, 3.05) is 13.6 Å². The van der Waals surface area contributed by atoms with Crippen LogP contribution in [0.4, 0.5) is 0 Å². The Kier molecular flexibility index (Phi) is 5.61. The van der Waals surface area contributed by atoms with Crippen LogP contribution in [0.15, 0.2) is 22.7 Å². The molecule has 2 heterocycles. The zero-order valence-corrected chi connectivity index (χ0v) is 14.4. The minimum Gasteiger partial charge on any atom is -0.355 e. The van der Waals surface area contributed by atoms with Crippen molar-refractivity contribution in [3.63, 3.8) is 0 Å². The molecule has 0 saturated carbocycles. The largest absolute Gasteiger partial charge is 0.355 e. The maximum absolute atomic E-state index is 12.3. The highest BCUT2D eigenvalue weighted by atomic mass is 35.5. The summed E-state index contributed by atoms with van der Waals surface area (Å²) in [6.45, 7) is 4.73. The SMILES string of the molecule is CC(C)C(N)CCN(C)C(=O)c1cc(-c2ccc(Cl)s2)on1. The van der Waals surface area contributed by atoms with Gasteiger partial charge in [0.2, 0.25) is 0 Å². The molecule has 1 amide bonds. The number of rotatable bonds is 6. The number of thiophene rings is 1. The van der Waals surface area contributed by atoms with E-state index in [0.717, 1.165) is 11.3 Å². The van der Waals surface area contributed by atoms with E-state index < -0.39 is 0 Å². The summed E-state index contributed by atoms with van der Waals surface area (Å²) in [6, 6.07) is 5.35. The van der Waals surface area contributed by atoms with Crippen LogP contribution in [0, 0.1) is 5.92 Å². The molecule has 0 fully saturated rings. The lowest BCUT2D eigenvalue weighted by molar-refractivity contribution is 0.0779. The zero-order valence-electron chi connectivity index (χ0n) is 12.9. The lowest BCUT2D eigenvalue weighted by Crippen LogP contribution is -2.34. The van der Waals surface area contributed by atoms with E-state index >= 15 is 0 Å². The molecule has 0 saturated heterocycles. The fourth-order valence-electron chi connectivity index (χ4n) is 1.91. The molecule has 5 nitrogen and oxygen atoms in total. The average Bonchev–Trinajstić information content (AvgIpc) is 3.11. The van der Waals surface area contributed by atoms with Gasteiger partial charge in [-0.05, 0) is 24.5 Å². The summed E-state index contributed by atoms with van der Waals surface area (Å²) in [5, 5.41) is 3.85. The third-order valence-electron chi connectivity index (χ3n) is 3.55. The minimum absolute atomic E-state index is 0.0800. The monoisotopic (exact) mass is 341 g/mol. The predicted molar refractivity (Wildman–Crippen MR) is 89.2 cm³/mol. The maximum atomic E-state index is 12.3. The number of nitrogens with zero attached hydrogens (tertiary/aromatic N) is 2. The third-order valence-corrected chi connectivity index (χ3v) is 4.79. The number of aromatic nitrogens is 1. The smallest absolute Gasteiger partial charge is 0.275 e. The molecule has 1 atom stereocenters. The van der Waals surface area contributed by atoms with Crippen molar-refractivity contribution in [1.82, 2.24) is 10.1 Å². The van der Waals surface area contributed by atoms with E-state index in [1.54, 1.807) is 24.1 Å². The second-order valence-corrected chi connectivity index (χ2v) is 7.32. The summed E-state index contributed by atoms with van der Waals surface area (Å²) < 4.78 is 5.89. The van der Waals surface area contributed by atoms with E-state index in [1.807, 2.05) is 6.07 Å². The second-order valence-electron chi connectivity index (χ2n) is 5.60. The first-order valence-corrected chi connectivity index (χ1v) is 8.31. The van der Waals surface area contributed by atoms with Crippen molar-refractivity contribution in [3.8, 4) is 10.6 Å². The third kappa shape index (κ3) is 4.09. The maximum Gasteiger partial charge on any atom is 0.275 e. The van der Waals surface area contributed by atoms with Crippen LogP contribution in [0.3, 0.4) is 0 Å². The quantitative estimate of drug-likeness (QED) is 0.872. The Bertz CT molecular complexity index is 638. The first-order chi connectivity index (χ1) is 10.4. The zero-order chi connectivity index (χ0) is 16.3. The molecule has 7 heteroatoms. The fourth-order valence-corrected chi connectivity index (χ4v) is 2.90. The number of amides is 1. The number of nitrogens with two attached hydrogens (primary N) is 1. The van der Waals surface area contributed by atoms with Gasteiger partial charge >= 0.3 is 0 Å². The predicted octanol–water partition coefficient (Wildman–Crippen LogP) is 3.50. The summed E-state index contributed by atoms with van der Waals surface area (Å²) in [5.41, 5.74) is 6.29. The molecule has 0 radical (unpaired) electrons. The minimum atomic E-state index is -0.173. The Balaban J connectivity index is 1.99. The van der Waals surface area contributed by atoms with Crippen LogP contribution in [-0.4, -0.2) is 35.6 Å². The van der Waals surface area contributed by atoms with Gasteiger partial charge in [-0.25, -0.2) is 0 Å². The Morgan fingerprint density at radius 3 is 2.82 bits per heavy atom. The fraction of sp³-hybridized carbons (Fsp3) is 0.467. The summed E-state index contributed by atoms with van der Waals surface area (Å²) in [5.74, 6) is 0.770. The molecule has 0 aliphatic rings. The lowest BCUT2D eigenvalue weighted by atomic mass is 10.0. The number of carbonyl (C=O) groups is 1. The summed E-state index contributed by atoms with van der Waals surface area (Å²) in [7, 11) is 1.74. The van der Waals surface area contributed by atoms with Crippen molar-refractivity contribution in [2.24, 2.45) is 11.7 Å². The van der Waals surface area contributed by atoms with E-state index in [9.17, 15) is 4.79 Å². The van der Waals surface area contributed by atoms with Crippen molar-refractivity contribution in [1.29, 1.82) is 0 Å². The summed E-state index contributed by atoms with van der Waals surface area (Å²) in [6.07, 6.45) is 0.755. The molecule has 0 aromatic carbocycles. The van der Waals surface area contributed by atoms with Crippen LogP contribution in [0.2, 0.25) is 4.34 Å². The molecule has 1 unspecified atom stereocenters. The molecule has 0 aliphatic carbocycles. The lowest BCUT2D eigenvalue weighted by Gasteiger charge is -2.20. The highest BCUT2D eigenvalue weighted by Crippen LogP contribution is 2.31. The van der Waals surface area contributed by atoms with Crippen LogP contribution in [0.5, 0.6) is 0 Å². The van der Waals surface area contributed by atoms with Gasteiger partial charge in [-0.15, -0.1) is 11.3 Å². The van der Waals surface area contributed by atoms with Crippen molar-refractivity contribution >= 4 is 28.8 Å². The van der Waals surface area contributed by atoms with Crippen LogP contribution in [-0.2, 0) is 0 Å². The van der Waals surface area contributed by atoms with E-state index in [4.69, 9.17) is 21.9 Å². The van der Waals surface area contributed by atoms with Crippen LogP contribution in [0.1, 0.15) is 30.8 Å². The van der Waals surface area contributed by atoms with E-state index in [0.29, 0.717) is 28.3 Å². The van der Waals surface area contributed by atoms with Crippen molar-refractivity contribution in [3.05, 3.63) is 28.2 Å². The molecule has 2 aromatic heterocycles. The molecular formula is C15H20ClN3O2S. The molecule has 120 valence electrons. The molecule has 0 aliphatic heterocycles. The number of hydrogen-bond acceptors (Lipinski definition) is 5. The molecule has 0 bridgehead atoms. The van der Waals surface area contributed by atoms with Crippen LogP contribution < -0.4 is 5.73 Å². The van der Waals surface area contributed by atoms with Crippen molar-refractivity contribution in [2.45, 2.75) is 26.3 Å². The number of carbonyl (C=O) groups excluding carboxylic acids is 1. The first-order valence-electron chi connectivity index (χ1n) is 7.12. The van der Waals surface area contributed by atoms with Gasteiger partial charge in [0.15, 0.2) is 11.5 Å². The van der Waals surface area contributed by atoms with E-state index in [2.05, 4.69) is 19.0 Å². The van der Waals surface area contributed by atoms with E-state index in [-0.39, 0.29) is 11.9 Å². The summed E-state index contributed by atoms with van der Waals surface area (Å²) >= 11 is 7.28. The van der Waals surface area contributed by atoms with Gasteiger partial charge in [0.25, 0.3) is 5.91 Å². The van der Waals surface area contributed by atoms with Gasteiger partial charge in [-0.1, -0.05) is 30.6 Å². The topological polar surface area (TPSA) is 72.4 Å². The van der Waals surface area contributed by atoms with Gasteiger partial charge in [-0.3, -0.25) is 4.79 Å². The van der Waals surface area contributed by atoms with Crippen LogP contribution >= 0.6 is 22.9 Å². The standard InChI is InChI=1S/C15H20ClN3O2S/c1-9(2)10(17)6-7-19(3)15(20)11-8-12(21-18-11)13-4-5-14(16)22-13/h4-5,8-10H,6-7,17H2,1-3H3.